The smallest absolute Gasteiger partial charge is 0.416 e. The molecule has 3 aromatic rings. The van der Waals surface area contributed by atoms with Crippen LogP contribution in [0.4, 0.5) is 13.2 Å². The number of alkyl halides is 3. The fraction of sp³-hybridized carbons (Fsp3) is 0.182. The van der Waals surface area contributed by atoms with Crippen LogP contribution in [0.1, 0.15) is 37.7 Å². The Labute approximate surface area is 179 Å². The second-order valence-corrected chi connectivity index (χ2v) is 7.59. The molecule has 0 unspecified atom stereocenters. The average molecular weight is 480 g/mol. The largest absolute Gasteiger partial charge is 0.454 e. The van der Waals surface area contributed by atoms with E-state index in [2.05, 4.69) is 15.9 Å². The molecule has 2 aromatic carbocycles. The van der Waals surface area contributed by atoms with Crippen molar-refractivity contribution < 1.29 is 27.5 Å². The van der Waals surface area contributed by atoms with Crippen molar-refractivity contribution in [3.05, 3.63) is 87.1 Å². The summed E-state index contributed by atoms with van der Waals surface area (Å²) >= 11 is 3.38. The lowest BCUT2D eigenvalue weighted by atomic mass is 10.1. The minimum Gasteiger partial charge on any atom is -0.454 e. The normalized spacial score (nSPS) is 11.4. The molecular weight excluding hydrogens is 463 g/mol. The predicted octanol–water partition coefficient (Wildman–Crippen LogP) is 5.92. The van der Waals surface area contributed by atoms with Crippen molar-refractivity contribution in [2.24, 2.45) is 0 Å². The predicted molar refractivity (Wildman–Crippen MR) is 109 cm³/mol. The lowest BCUT2D eigenvalue weighted by Gasteiger charge is -2.10. The van der Waals surface area contributed by atoms with Gasteiger partial charge in [-0.25, -0.2) is 4.79 Å². The first-order valence-corrected chi connectivity index (χ1v) is 9.69. The summed E-state index contributed by atoms with van der Waals surface area (Å²) in [7, 11) is 0. The number of hydrogen-bond acceptors (Lipinski definition) is 3. The molecule has 8 heteroatoms. The average Bonchev–Trinajstić information content (AvgIpc) is 3.00. The van der Waals surface area contributed by atoms with Gasteiger partial charge in [0.2, 0.25) is 5.78 Å². The molecule has 3 rings (SSSR count). The highest BCUT2D eigenvalue weighted by Gasteiger charge is 2.30. The summed E-state index contributed by atoms with van der Waals surface area (Å²) < 4.78 is 45.7. The first-order chi connectivity index (χ1) is 14.1. The van der Waals surface area contributed by atoms with Crippen LogP contribution in [0.15, 0.2) is 59.1 Å². The molecule has 0 aliphatic heterocycles. The molecule has 156 valence electrons. The van der Waals surface area contributed by atoms with Gasteiger partial charge in [-0.05, 0) is 68.4 Å². The molecule has 0 radical (unpaired) electrons. The molecule has 1 aromatic heterocycles. The Morgan fingerprint density at radius 2 is 1.60 bits per heavy atom. The van der Waals surface area contributed by atoms with Crippen molar-refractivity contribution in [2.75, 3.05) is 6.61 Å². The zero-order valence-electron chi connectivity index (χ0n) is 16.1. The Morgan fingerprint density at radius 1 is 1.00 bits per heavy atom. The van der Waals surface area contributed by atoms with Crippen molar-refractivity contribution in [3.63, 3.8) is 0 Å². The van der Waals surface area contributed by atoms with Crippen LogP contribution < -0.4 is 0 Å². The third-order valence-corrected chi connectivity index (χ3v) is 5.13. The summed E-state index contributed by atoms with van der Waals surface area (Å²) in [4.78, 5) is 24.7. The highest BCUT2D eigenvalue weighted by Crippen LogP contribution is 2.29. The van der Waals surface area contributed by atoms with Crippen molar-refractivity contribution >= 4 is 27.7 Å². The van der Waals surface area contributed by atoms with E-state index in [0.717, 1.165) is 40.1 Å². The van der Waals surface area contributed by atoms with Gasteiger partial charge >= 0.3 is 12.1 Å². The Bertz CT molecular complexity index is 1080. The maximum Gasteiger partial charge on any atom is 0.416 e. The number of halogens is 4. The number of carbonyl (C=O) groups excluding carboxylic acids is 2. The number of Topliss-reactive ketones (excluding diaryl/α,β-unsaturated/α-hetero) is 1. The van der Waals surface area contributed by atoms with Gasteiger partial charge in [-0.1, -0.05) is 15.9 Å². The number of rotatable bonds is 5. The van der Waals surface area contributed by atoms with Crippen molar-refractivity contribution in [3.8, 4) is 5.69 Å². The number of nitrogens with zero attached hydrogens (tertiary/aromatic N) is 1. The van der Waals surface area contributed by atoms with Gasteiger partial charge in [-0.15, -0.1) is 0 Å². The van der Waals surface area contributed by atoms with E-state index in [0.29, 0.717) is 11.3 Å². The van der Waals surface area contributed by atoms with E-state index in [9.17, 15) is 22.8 Å². The number of hydrogen-bond donors (Lipinski definition) is 0. The van der Waals surface area contributed by atoms with Crippen LogP contribution in [-0.4, -0.2) is 22.9 Å². The summed E-state index contributed by atoms with van der Waals surface area (Å²) in [6.07, 6.45) is -4.49. The molecule has 0 aliphatic rings. The van der Waals surface area contributed by atoms with Crippen LogP contribution in [0.3, 0.4) is 0 Å². The summed E-state index contributed by atoms with van der Waals surface area (Å²) in [6, 6.07) is 12.9. The van der Waals surface area contributed by atoms with Gasteiger partial charge in [0, 0.05) is 27.1 Å². The number of ketones is 1. The van der Waals surface area contributed by atoms with Crippen LogP contribution >= 0.6 is 15.9 Å². The Kier molecular flexibility index (Phi) is 6.17. The molecule has 4 nitrogen and oxygen atoms in total. The van der Waals surface area contributed by atoms with Crippen molar-refractivity contribution in [1.29, 1.82) is 0 Å². The molecule has 0 saturated heterocycles. The van der Waals surface area contributed by atoms with Crippen LogP contribution in [0.25, 0.3) is 5.69 Å². The first-order valence-electron chi connectivity index (χ1n) is 8.90. The van der Waals surface area contributed by atoms with Crippen molar-refractivity contribution in [2.45, 2.75) is 20.0 Å². The van der Waals surface area contributed by atoms with E-state index >= 15 is 0 Å². The second kappa shape index (κ2) is 8.47. The molecule has 0 amide bonds. The maximum atomic E-state index is 12.6. The number of benzene rings is 2. The zero-order chi connectivity index (χ0) is 22.1. The quantitative estimate of drug-likeness (QED) is 0.337. The van der Waals surface area contributed by atoms with Crippen LogP contribution in [0, 0.1) is 13.8 Å². The maximum absolute atomic E-state index is 12.6. The van der Waals surface area contributed by atoms with E-state index in [1.807, 2.05) is 35.8 Å². The summed E-state index contributed by atoms with van der Waals surface area (Å²) in [6.45, 7) is 3.14. The summed E-state index contributed by atoms with van der Waals surface area (Å²) in [5.41, 5.74) is 1.91. The molecule has 0 bridgehead atoms. The van der Waals surface area contributed by atoms with Gasteiger partial charge in [0.05, 0.1) is 11.1 Å². The van der Waals surface area contributed by atoms with Crippen LogP contribution in [-0.2, 0) is 10.9 Å². The molecule has 0 N–H and O–H groups in total. The highest BCUT2D eigenvalue weighted by atomic mass is 79.9. The molecule has 30 heavy (non-hydrogen) atoms. The van der Waals surface area contributed by atoms with Gasteiger partial charge in [0.25, 0.3) is 0 Å². The molecule has 0 spiro atoms. The van der Waals surface area contributed by atoms with Gasteiger partial charge in [-0.3, -0.25) is 4.79 Å². The third kappa shape index (κ3) is 4.64. The molecular formula is C22H17BrF3NO3. The number of ether oxygens (including phenoxy) is 1. The number of carbonyl (C=O) groups is 2. The fourth-order valence-corrected chi connectivity index (χ4v) is 3.38. The van der Waals surface area contributed by atoms with Crippen LogP contribution in [0.5, 0.6) is 0 Å². The first kappa shape index (κ1) is 21.8. The van der Waals surface area contributed by atoms with E-state index in [-0.39, 0.29) is 5.56 Å². The fourth-order valence-electron chi connectivity index (χ4n) is 3.12. The molecule has 0 fully saturated rings. The van der Waals surface area contributed by atoms with Crippen LogP contribution in [0.2, 0.25) is 0 Å². The minimum atomic E-state index is -4.49. The molecule has 0 atom stereocenters. The number of aryl methyl sites for hydroxylation is 1. The van der Waals surface area contributed by atoms with Gasteiger partial charge in [0.15, 0.2) is 6.61 Å². The van der Waals surface area contributed by atoms with E-state index < -0.39 is 30.1 Å². The third-order valence-electron chi connectivity index (χ3n) is 4.60. The zero-order valence-corrected chi connectivity index (χ0v) is 17.7. The lowest BCUT2D eigenvalue weighted by Crippen LogP contribution is -2.15. The Hall–Kier alpha value is -2.87. The summed E-state index contributed by atoms with van der Waals surface area (Å²) in [5, 5.41) is 0. The molecule has 0 saturated carbocycles. The lowest BCUT2D eigenvalue weighted by molar-refractivity contribution is -0.137. The van der Waals surface area contributed by atoms with E-state index in [1.54, 1.807) is 13.0 Å². The standard InChI is InChI=1S/C22H17BrF3NO3/c1-13-11-19(14(2)27(13)18-9-7-17(23)8-10-18)20(28)12-30-21(29)15-3-5-16(6-4-15)22(24,25)26/h3-11H,12H2,1-2H3. The topological polar surface area (TPSA) is 48.3 Å². The SMILES string of the molecule is Cc1cc(C(=O)COC(=O)c2ccc(C(F)(F)F)cc2)c(C)n1-c1ccc(Br)cc1. The minimum absolute atomic E-state index is 0.0591. The van der Waals surface area contributed by atoms with E-state index in [1.165, 1.54) is 0 Å². The molecule has 0 aliphatic carbocycles. The van der Waals surface area contributed by atoms with E-state index in [4.69, 9.17) is 4.74 Å². The monoisotopic (exact) mass is 479 g/mol. The van der Waals surface area contributed by atoms with Gasteiger partial charge in [0.1, 0.15) is 0 Å². The number of aromatic nitrogens is 1. The molecule has 1 heterocycles. The Morgan fingerprint density at radius 3 is 2.17 bits per heavy atom. The van der Waals surface area contributed by atoms with Gasteiger partial charge < -0.3 is 9.30 Å². The summed E-state index contributed by atoms with van der Waals surface area (Å²) in [5.74, 6) is -1.26. The second-order valence-electron chi connectivity index (χ2n) is 6.67. The van der Waals surface area contributed by atoms with Gasteiger partial charge in [-0.2, -0.15) is 13.2 Å². The van der Waals surface area contributed by atoms with Crippen molar-refractivity contribution in [1.82, 2.24) is 4.57 Å². The Balaban J connectivity index is 1.71. The highest BCUT2D eigenvalue weighted by molar-refractivity contribution is 9.10. The number of esters is 1.